The van der Waals surface area contributed by atoms with E-state index in [0.717, 1.165) is 5.56 Å². The lowest BCUT2D eigenvalue weighted by Crippen LogP contribution is -2.36. The summed E-state index contributed by atoms with van der Waals surface area (Å²) in [5.74, 6) is 0.146. The van der Waals surface area contributed by atoms with E-state index in [1.807, 2.05) is 31.2 Å². The number of aliphatic hydroxyl groups is 1. The fourth-order valence-corrected chi connectivity index (χ4v) is 2.02. The summed E-state index contributed by atoms with van der Waals surface area (Å²) >= 11 is 0. The molecule has 5 nitrogen and oxygen atoms in total. The van der Waals surface area contributed by atoms with Gasteiger partial charge in [0.25, 0.3) is 0 Å². The van der Waals surface area contributed by atoms with E-state index in [9.17, 15) is 4.79 Å². The van der Waals surface area contributed by atoms with Gasteiger partial charge in [-0.15, -0.1) is 0 Å². The van der Waals surface area contributed by atoms with E-state index in [-0.39, 0.29) is 18.4 Å². The number of methoxy groups -OCH3 is 1. The first-order chi connectivity index (χ1) is 9.58. The third-order valence-electron chi connectivity index (χ3n) is 3.27. The lowest BCUT2D eigenvalue weighted by molar-refractivity contribution is -0.132. The normalized spacial score (nSPS) is 12.2. The molecular weight excluding hydrogens is 256 g/mol. The van der Waals surface area contributed by atoms with Crippen LogP contribution in [0.25, 0.3) is 0 Å². The molecule has 0 aromatic heterocycles. The van der Waals surface area contributed by atoms with Gasteiger partial charge < -0.3 is 20.5 Å². The van der Waals surface area contributed by atoms with E-state index in [0.29, 0.717) is 31.8 Å². The van der Waals surface area contributed by atoms with Crippen molar-refractivity contribution in [3.05, 3.63) is 29.8 Å². The van der Waals surface area contributed by atoms with Crippen LogP contribution in [0.3, 0.4) is 0 Å². The number of nitrogen functional groups attached to an aromatic ring is 1. The number of anilines is 1. The predicted octanol–water partition coefficient (Wildman–Crippen LogP) is 1.23. The fourth-order valence-electron chi connectivity index (χ4n) is 2.02. The largest absolute Gasteiger partial charge is 0.399 e. The van der Waals surface area contributed by atoms with Gasteiger partial charge >= 0.3 is 0 Å². The van der Waals surface area contributed by atoms with Crippen molar-refractivity contribution in [3.63, 3.8) is 0 Å². The second kappa shape index (κ2) is 8.55. The summed E-state index contributed by atoms with van der Waals surface area (Å²) in [5, 5.41) is 9.02. The zero-order valence-electron chi connectivity index (χ0n) is 12.2. The van der Waals surface area contributed by atoms with Crippen LogP contribution in [0.15, 0.2) is 24.3 Å². The molecule has 0 spiro atoms. The number of amides is 1. The standard InChI is InChI=1S/C15H24N2O3/c1-12(13-3-5-14(16)6-4-13)11-15(19)17(7-9-18)8-10-20-2/h3-6,12,18H,7-11,16H2,1-2H3. The Morgan fingerprint density at radius 2 is 2.00 bits per heavy atom. The van der Waals surface area contributed by atoms with Crippen LogP contribution in [0.4, 0.5) is 5.69 Å². The summed E-state index contributed by atoms with van der Waals surface area (Å²) < 4.78 is 4.98. The van der Waals surface area contributed by atoms with E-state index >= 15 is 0 Å². The first kappa shape index (κ1) is 16.5. The molecule has 112 valence electrons. The number of aliphatic hydroxyl groups excluding tert-OH is 1. The minimum atomic E-state index is -0.0360. The second-order valence-corrected chi connectivity index (χ2v) is 4.87. The van der Waals surface area contributed by atoms with Crippen molar-refractivity contribution >= 4 is 11.6 Å². The van der Waals surface area contributed by atoms with Crippen molar-refractivity contribution in [2.75, 3.05) is 39.1 Å². The smallest absolute Gasteiger partial charge is 0.223 e. The van der Waals surface area contributed by atoms with Gasteiger partial charge in [0, 0.05) is 32.3 Å². The highest BCUT2D eigenvalue weighted by molar-refractivity contribution is 5.77. The lowest BCUT2D eigenvalue weighted by Gasteiger charge is -2.23. The Morgan fingerprint density at radius 1 is 1.35 bits per heavy atom. The molecule has 20 heavy (non-hydrogen) atoms. The summed E-state index contributed by atoms with van der Waals surface area (Å²) in [6, 6.07) is 7.57. The average molecular weight is 280 g/mol. The summed E-state index contributed by atoms with van der Waals surface area (Å²) in [4.78, 5) is 13.9. The van der Waals surface area contributed by atoms with Gasteiger partial charge in [-0.05, 0) is 23.6 Å². The van der Waals surface area contributed by atoms with Gasteiger partial charge in [0.05, 0.1) is 13.2 Å². The van der Waals surface area contributed by atoms with Crippen molar-refractivity contribution in [2.45, 2.75) is 19.3 Å². The van der Waals surface area contributed by atoms with Crippen LogP contribution in [-0.4, -0.2) is 49.3 Å². The molecule has 5 heteroatoms. The Hall–Kier alpha value is -1.59. The Kier molecular flexibility index (Phi) is 7.04. The van der Waals surface area contributed by atoms with Crippen LogP contribution in [0, 0.1) is 0 Å². The number of carbonyl (C=O) groups is 1. The number of rotatable bonds is 8. The highest BCUT2D eigenvalue weighted by atomic mass is 16.5. The summed E-state index contributed by atoms with van der Waals surface area (Å²) in [5.41, 5.74) is 7.46. The third-order valence-corrected chi connectivity index (χ3v) is 3.27. The first-order valence-electron chi connectivity index (χ1n) is 6.81. The molecule has 1 rings (SSSR count). The van der Waals surface area contributed by atoms with Crippen molar-refractivity contribution < 1.29 is 14.6 Å². The number of hydrogen-bond acceptors (Lipinski definition) is 4. The number of benzene rings is 1. The maximum absolute atomic E-state index is 12.2. The van der Waals surface area contributed by atoms with Crippen LogP contribution >= 0.6 is 0 Å². The number of ether oxygens (including phenoxy) is 1. The molecule has 0 aliphatic rings. The van der Waals surface area contributed by atoms with Crippen molar-refractivity contribution in [1.82, 2.24) is 4.90 Å². The van der Waals surface area contributed by atoms with Crippen molar-refractivity contribution in [3.8, 4) is 0 Å². The van der Waals surface area contributed by atoms with E-state index in [4.69, 9.17) is 15.6 Å². The van der Waals surface area contributed by atoms with E-state index in [1.165, 1.54) is 0 Å². The van der Waals surface area contributed by atoms with Crippen LogP contribution in [0.2, 0.25) is 0 Å². The van der Waals surface area contributed by atoms with Gasteiger partial charge in [0.15, 0.2) is 0 Å². The van der Waals surface area contributed by atoms with Gasteiger partial charge in [-0.25, -0.2) is 0 Å². The summed E-state index contributed by atoms with van der Waals surface area (Å²) in [6.07, 6.45) is 0.410. The zero-order valence-corrected chi connectivity index (χ0v) is 12.2. The van der Waals surface area contributed by atoms with E-state index in [1.54, 1.807) is 12.0 Å². The summed E-state index contributed by atoms with van der Waals surface area (Å²) in [7, 11) is 1.60. The highest BCUT2D eigenvalue weighted by Crippen LogP contribution is 2.21. The average Bonchev–Trinajstić information content (AvgIpc) is 2.43. The maximum Gasteiger partial charge on any atom is 0.223 e. The molecule has 1 atom stereocenters. The minimum absolute atomic E-state index is 0.0282. The highest BCUT2D eigenvalue weighted by Gasteiger charge is 2.17. The Balaban J connectivity index is 2.59. The minimum Gasteiger partial charge on any atom is -0.399 e. The molecule has 0 radical (unpaired) electrons. The molecule has 0 saturated heterocycles. The Labute approximate surface area is 120 Å². The van der Waals surface area contributed by atoms with Crippen LogP contribution in [-0.2, 0) is 9.53 Å². The fraction of sp³-hybridized carbons (Fsp3) is 0.533. The molecule has 1 unspecified atom stereocenters. The van der Waals surface area contributed by atoms with E-state index < -0.39 is 0 Å². The van der Waals surface area contributed by atoms with Gasteiger partial charge in [-0.1, -0.05) is 19.1 Å². The molecule has 1 aromatic carbocycles. The van der Waals surface area contributed by atoms with Gasteiger partial charge in [0.2, 0.25) is 5.91 Å². The molecule has 1 aromatic rings. The van der Waals surface area contributed by atoms with Gasteiger partial charge in [0.1, 0.15) is 0 Å². The topological polar surface area (TPSA) is 75.8 Å². The number of nitrogens with two attached hydrogens (primary N) is 1. The third kappa shape index (κ3) is 5.19. The van der Waals surface area contributed by atoms with Crippen molar-refractivity contribution in [1.29, 1.82) is 0 Å². The number of nitrogens with zero attached hydrogens (tertiary/aromatic N) is 1. The second-order valence-electron chi connectivity index (χ2n) is 4.87. The zero-order chi connectivity index (χ0) is 15.0. The number of carbonyl (C=O) groups excluding carboxylic acids is 1. The Bertz CT molecular complexity index is 406. The molecule has 0 aliphatic heterocycles. The number of hydrogen-bond donors (Lipinski definition) is 2. The molecule has 1 amide bonds. The van der Waals surface area contributed by atoms with E-state index in [2.05, 4.69) is 0 Å². The molecule has 0 bridgehead atoms. The molecule has 0 saturated carbocycles. The quantitative estimate of drug-likeness (QED) is 0.702. The predicted molar refractivity (Wildman–Crippen MR) is 79.4 cm³/mol. The molecule has 0 aliphatic carbocycles. The van der Waals surface area contributed by atoms with Crippen LogP contribution in [0.1, 0.15) is 24.8 Å². The molecule has 3 N–H and O–H groups in total. The molecular formula is C15H24N2O3. The molecule has 0 heterocycles. The first-order valence-corrected chi connectivity index (χ1v) is 6.81. The van der Waals surface area contributed by atoms with Gasteiger partial charge in [-0.2, -0.15) is 0 Å². The SMILES string of the molecule is COCCN(CCO)C(=O)CC(C)c1ccc(N)cc1. The van der Waals surface area contributed by atoms with Crippen molar-refractivity contribution in [2.24, 2.45) is 0 Å². The lowest BCUT2D eigenvalue weighted by atomic mass is 9.97. The van der Waals surface area contributed by atoms with Gasteiger partial charge in [-0.3, -0.25) is 4.79 Å². The van der Waals surface area contributed by atoms with Crippen LogP contribution in [0.5, 0.6) is 0 Å². The Morgan fingerprint density at radius 3 is 2.55 bits per heavy atom. The summed E-state index contributed by atoms with van der Waals surface area (Å²) in [6.45, 7) is 3.30. The van der Waals surface area contributed by atoms with Crippen LogP contribution < -0.4 is 5.73 Å². The maximum atomic E-state index is 12.2. The monoisotopic (exact) mass is 280 g/mol. The molecule has 0 fully saturated rings.